The van der Waals surface area contributed by atoms with E-state index in [4.69, 9.17) is 10.5 Å². The van der Waals surface area contributed by atoms with Gasteiger partial charge in [-0.2, -0.15) is 0 Å². The molecule has 3 rings (SSSR count). The van der Waals surface area contributed by atoms with Gasteiger partial charge in [-0.1, -0.05) is 0 Å². The number of hydrogen-bond donors (Lipinski definition) is 1. The number of piperidine rings is 1. The number of hydrogen-bond acceptors (Lipinski definition) is 6. The van der Waals surface area contributed by atoms with E-state index in [1.807, 2.05) is 6.92 Å². The van der Waals surface area contributed by atoms with Gasteiger partial charge in [0.25, 0.3) is 5.91 Å². The van der Waals surface area contributed by atoms with Gasteiger partial charge in [0.1, 0.15) is 0 Å². The van der Waals surface area contributed by atoms with Crippen molar-refractivity contribution in [3.8, 4) is 0 Å². The first kappa shape index (κ1) is 16.1. The largest absolute Gasteiger partial charge is 0.373 e. The minimum absolute atomic E-state index is 0.0329. The lowest BCUT2D eigenvalue weighted by Crippen LogP contribution is -2.48. The van der Waals surface area contributed by atoms with Crippen LogP contribution in [0.5, 0.6) is 0 Å². The Morgan fingerprint density at radius 3 is 2.83 bits per heavy atom. The first-order chi connectivity index (χ1) is 11.2. The third kappa shape index (κ3) is 3.61. The van der Waals surface area contributed by atoms with E-state index < -0.39 is 0 Å². The molecule has 3 heterocycles. The normalized spacial score (nSPS) is 22.3. The Labute approximate surface area is 136 Å². The van der Waals surface area contributed by atoms with Crippen molar-refractivity contribution in [2.24, 2.45) is 5.73 Å². The molecule has 1 unspecified atom stereocenters. The predicted octanol–water partition coefficient (Wildman–Crippen LogP) is 0.575. The maximum Gasteiger partial charge on any atom is 0.257 e. The molecule has 0 aliphatic carbocycles. The van der Waals surface area contributed by atoms with Crippen molar-refractivity contribution in [2.45, 2.75) is 32.3 Å². The fraction of sp³-hybridized carbons (Fsp3) is 0.688. The van der Waals surface area contributed by atoms with Gasteiger partial charge in [0.15, 0.2) is 0 Å². The van der Waals surface area contributed by atoms with Gasteiger partial charge in [0, 0.05) is 38.9 Å². The van der Waals surface area contributed by atoms with Crippen molar-refractivity contribution in [1.82, 2.24) is 14.9 Å². The number of rotatable bonds is 3. The van der Waals surface area contributed by atoms with Crippen LogP contribution in [0.15, 0.2) is 6.20 Å². The van der Waals surface area contributed by atoms with E-state index in [-0.39, 0.29) is 12.0 Å². The Morgan fingerprint density at radius 1 is 1.35 bits per heavy atom. The molecule has 2 saturated heterocycles. The summed E-state index contributed by atoms with van der Waals surface area (Å²) in [5.74, 6) is 0.704. The molecule has 0 saturated carbocycles. The highest BCUT2D eigenvalue weighted by Gasteiger charge is 2.26. The van der Waals surface area contributed by atoms with E-state index >= 15 is 0 Å². The average Bonchev–Trinajstić information content (AvgIpc) is 2.62. The number of aromatic nitrogens is 2. The Kier molecular flexibility index (Phi) is 5.07. The fourth-order valence-electron chi connectivity index (χ4n) is 3.13. The van der Waals surface area contributed by atoms with Crippen molar-refractivity contribution < 1.29 is 9.53 Å². The molecule has 1 atom stereocenters. The monoisotopic (exact) mass is 319 g/mol. The lowest BCUT2D eigenvalue weighted by Gasteiger charge is -2.32. The van der Waals surface area contributed by atoms with Crippen LogP contribution >= 0.6 is 0 Å². The van der Waals surface area contributed by atoms with Crippen LogP contribution in [0.4, 0.5) is 5.95 Å². The number of carbonyl (C=O) groups is 1. The molecule has 2 aliphatic rings. The number of aryl methyl sites for hydroxylation is 1. The molecule has 7 heteroatoms. The minimum atomic E-state index is -0.0819. The highest BCUT2D eigenvalue weighted by molar-refractivity contribution is 5.95. The summed E-state index contributed by atoms with van der Waals surface area (Å²) in [6.45, 7) is 5.93. The van der Waals surface area contributed by atoms with Gasteiger partial charge in [0.2, 0.25) is 5.95 Å². The summed E-state index contributed by atoms with van der Waals surface area (Å²) < 4.78 is 5.52. The summed E-state index contributed by atoms with van der Waals surface area (Å²) in [4.78, 5) is 25.7. The quantitative estimate of drug-likeness (QED) is 0.877. The number of amides is 1. The number of anilines is 1. The Balaban J connectivity index is 1.73. The van der Waals surface area contributed by atoms with Crippen molar-refractivity contribution in [3.63, 3.8) is 0 Å². The molecule has 7 nitrogen and oxygen atoms in total. The van der Waals surface area contributed by atoms with Gasteiger partial charge in [-0.15, -0.1) is 0 Å². The van der Waals surface area contributed by atoms with E-state index in [1.54, 1.807) is 11.1 Å². The predicted molar refractivity (Wildman–Crippen MR) is 87.5 cm³/mol. The Morgan fingerprint density at radius 2 is 2.13 bits per heavy atom. The van der Waals surface area contributed by atoms with Gasteiger partial charge >= 0.3 is 0 Å². The summed E-state index contributed by atoms with van der Waals surface area (Å²) in [5, 5.41) is 0. The van der Waals surface area contributed by atoms with E-state index in [1.165, 1.54) is 19.3 Å². The molecule has 1 amide bonds. The second-order valence-corrected chi connectivity index (χ2v) is 6.20. The smallest absolute Gasteiger partial charge is 0.257 e. The average molecular weight is 319 g/mol. The number of nitrogens with two attached hydrogens (primary N) is 1. The van der Waals surface area contributed by atoms with Gasteiger partial charge in [-0.25, -0.2) is 9.97 Å². The van der Waals surface area contributed by atoms with Crippen molar-refractivity contribution in [3.05, 3.63) is 17.5 Å². The molecule has 2 fully saturated rings. The fourth-order valence-corrected chi connectivity index (χ4v) is 3.13. The Hall–Kier alpha value is -1.73. The van der Waals surface area contributed by atoms with E-state index in [2.05, 4.69) is 14.9 Å². The van der Waals surface area contributed by atoms with Crippen LogP contribution in [-0.4, -0.2) is 66.2 Å². The third-order valence-corrected chi connectivity index (χ3v) is 4.52. The lowest BCUT2D eigenvalue weighted by atomic mass is 10.1. The summed E-state index contributed by atoms with van der Waals surface area (Å²) in [5.41, 5.74) is 6.95. The summed E-state index contributed by atoms with van der Waals surface area (Å²) in [6.07, 6.45) is 5.21. The van der Waals surface area contributed by atoms with Gasteiger partial charge in [-0.3, -0.25) is 4.79 Å². The van der Waals surface area contributed by atoms with Crippen LogP contribution in [0.1, 0.15) is 35.3 Å². The molecule has 2 N–H and O–H groups in total. The van der Waals surface area contributed by atoms with Crippen molar-refractivity contribution in [2.75, 3.05) is 44.2 Å². The van der Waals surface area contributed by atoms with E-state index in [0.29, 0.717) is 31.8 Å². The summed E-state index contributed by atoms with van der Waals surface area (Å²) >= 11 is 0. The zero-order valence-corrected chi connectivity index (χ0v) is 13.7. The molecular formula is C16H25N5O2. The molecule has 126 valence electrons. The minimum Gasteiger partial charge on any atom is -0.373 e. The third-order valence-electron chi connectivity index (χ3n) is 4.52. The van der Waals surface area contributed by atoms with Crippen molar-refractivity contribution in [1.29, 1.82) is 0 Å². The SMILES string of the molecule is Cc1nc(N2CCCCC2)ncc1C(=O)N1CCOC(CN)C1. The van der Waals surface area contributed by atoms with Crippen LogP contribution < -0.4 is 10.6 Å². The van der Waals surface area contributed by atoms with Crippen molar-refractivity contribution >= 4 is 11.9 Å². The molecule has 23 heavy (non-hydrogen) atoms. The number of morpholine rings is 1. The van der Waals surface area contributed by atoms with Gasteiger partial charge in [0.05, 0.1) is 24.0 Å². The van der Waals surface area contributed by atoms with Gasteiger partial charge in [-0.05, 0) is 26.2 Å². The maximum absolute atomic E-state index is 12.7. The molecule has 0 bridgehead atoms. The number of ether oxygens (including phenoxy) is 1. The second-order valence-electron chi connectivity index (χ2n) is 6.20. The Bertz CT molecular complexity index is 559. The van der Waals surface area contributed by atoms with Crippen LogP contribution in [0.3, 0.4) is 0 Å². The van der Waals surface area contributed by atoms with Crippen LogP contribution in [-0.2, 0) is 4.74 Å². The second kappa shape index (κ2) is 7.23. The maximum atomic E-state index is 12.7. The standard InChI is InChI=1S/C16H25N5O2/c1-12-14(15(22)21-7-8-23-13(9-17)11-21)10-18-16(19-12)20-5-3-2-4-6-20/h10,13H,2-9,11,17H2,1H3. The number of carbonyl (C=O) groups excluding carboxylic acids is 1. The highest BCUT2D eigenvalue weighted by atomic mass is 16.5. The van der Waals surface area contributed by atoms with Crippen LogP contribution in [0.2, 0.25) is 0 Å². The zero-order chi connectivity index (χ0) is 16.2. The lowest BCUT2D eigenvalue weighted by molar-refractivity contribution is -0.0168. The molecule has 2 aliphatic heterocycles. The molecule has 0 radical (unpaired) electrons. The summed E-state index contributed by atoms with van der Waals surface area (Å²) in [6, 6.07) is 0. The molecule has 0 aromatic carbocycles. The van der Waals surface area contributed by atoms with Crippen LogP contribution in [0.25, 0.3) is 0 Å². The molecular weight excluding hydrogens is 294 g/mol. The molecule has 0 spiro atoms. The highest BCUT2D eigenvalue weighted by Crippen LogP contribution is 2.18. The first-order valence-corrected chi connectivity index (χ1v) is 8.38. The first-order valence-electron chi connectivity index (χ1n) is 8.38. The van der Waals surface area contributed by atoms with Crippen LogP contribution in [0, 0.1) is 6.92 Å². The molecule has 1 aromatic heterocycles. The van der Waals surface area contributed by atoms with E-state index in [9.17, 15) is 4.79 Å². The van der Waals surface area contributed by atoms with Gasteiger partial charge < -0.3 is 20.3 Å². The van der Waals surface area contributed by atoms with E-state index in [0.717, 1.165) is 24.7 Å². The topological polar surface area (TPSA) is 84.6 Å². The number of nitrogens with zero attached hydrogens (tertiary/aromatic N) is 4. The zero-order valence-electron chi connectivity index (χ0n) is 13.7. The summed E-state index contributed by atoms with van der Waals surface area (Å²) in [7, 11) is 0. The molecule has 1 aromatic rings.